The molecule has 0 spiro atoms. The van der Waals surface area contributed by atoms with Crippen LogP contribution >= 0.6 is 15.9 Å². The number of halogens is 1. The van der Waals surface area contributed by atoms with Crippen molar-refractivity contribution in [1.29, 1.82) is 0 Å². The van der Waals surface area contributed by atoms with Crippen LogP contribution in [-0.4, -0.2) is 26.4 Å². The van der Waals surface area contributed by atoms with E-state index in [9.17, 15) is 0 Å². The van der Waals surface area contributed by atoms with Crippen LogP contribution in [-0.2, 0) is 15.9 Å². The van der Waals surface area contributed by atoms with Crippen molar-refractivity contribution in [1.82, 2.24) is 5.32 Å². The molecule has 2 aromatic rings. The highest BCUT2D eigenvalue weighted by atomic mass is 79.9. The first-order valence-corrected chi connectivity index (χ1v) is 13.3. The van der Waals surface area contributed by atoms with Crippen molar-refractivity contribution < 1.29 is 14.2 Å². The van der Waals surface area contributed by atoms with E-state index in [0.717, 1.165) is 39.1 Å². The van der Waals surface area contributed by atoms with E-state index in [-0.39, 0.29) is 11.0 Å². The van der Waals surface area contributed by atoms with Gasteiger partial charge in [0, 0.05) is 15.6 Å². The van der Waals surface area contributed by atoms with E-state index in [1.165, 1.54) is 31.2 Å². The second-order valence-corrected chi connectivity index (χ2v) is 11.9. The number of unbranched alkanes of at least 4 members (excludes halogenated alkanes) is 3. The highest BCUT2D eigenvalue weighted by Crippen LogP contribution is 2.48. The summed E-state index contributed by atoms with van der Waals surface area (Å²) >= 11 is 3.68. The summed E-state index contributed by atoms with van der Waals surface area (Å²) in [6.07, 6.45) is 6.17. The molecule has 1 heterocycles. The van der Waals surface area contributed by atoms with Crippen LogP contribution in [0.4, 0.5) is 0 Å². The van der Waals surface area contributed by atoms with Crippen LogP contribution in [0.15, 0.2) is 34.8 Å². The molecule has 1 aliphatic heterocycles. The molecule has 1 fully saturated rings. The van der Waals surface area contributed by atoms with Gasteiger partial charge in [0.05, 0.1) is 26.4 Å². The molecule has 1 N–H and O–H groups in total. The Morgan fingerprint density at radius 1 is 1.00 bits per heavy atom. The van der Waals surface area contributed by atoms with Gasteiger partial charge in [-0.05, 0) is 68.0 Å². The van der Waals surface area contributed by atoms with Gasteiger partial charge in [0.15, 0.2) is 0 Å². The molecule has 5 heteroatoms. The first-order chi connectivity index (χ1) is 16.0. The summed E-state index contributed by atoms with van der Waals surface area (Å²) in [4.78, 5) is 0. The first kappa shape index (κ1) is 27.0. The molecular weight excluding hydrogens is 490 g/mol. The smallest absolute Gasteiger partial charge is 0.143 e. The number of nitrogens with one attached hydrogen (secondary N) is 1. The Kier molecular flexibility index (Phi) is 8.42. The monoisotopic (exact) mass is 531 g/mol. The zero-order valence-corrected chi connectivity index (χ0v) is 23.8. The van der Waals surface area contributed by atoms with Gasteiger partial charge in [-0.3, -0.25) is 5.32 Å². The molecule has 0 radical (unpaired) electrons. The number of ether oxygens (including phenoxy) is 3. The molecule has 3 rings (SSSR count). The fraction of sp³-hybridized carbons (Fsp3) is 0.586. The maximum atomic E-state index is 6.32. The van der Waals surface area contributed by atoms with Crippen molar-refractivity contribution in [3.05, 3.63) is 45.9 Å². The lowest BCUT2D eigenvalue weighted by atomic mass is 9.78. The molecule has 0 aliphatic carbocycles. The van der Waals surface area contributed by atoms with Gasteiger partial charge in [0.1, 0.15) is 17.2 Å². The molecule has 1 atom stereocenters. The summed E-state index contributed by atoms with van der Waals surface area (Å²) in [5, 5.41) is 3.68. The molecule has 34 heavy (non-hydrogen) atoms. The van der Waals surface area contributed by atoms with Crippen molar-refractivity contribution in [3.63, 3.8) is 0 Å². The summed E-state index contributed by atoms with van der Waals surface area (Å²) in [6.45, 7) is 13.9. The second-order valence-electron chi connectivity index (χ2n) is 11.0. The minimum Gasteiger partial charge on any atom is -0.496 e. The lowest BCUT2D eigenvalue weighted by molar-refractivity contribution is 0.00264. The maximum Gasteiger partial charge on any atom is 0.143 e. The SMILES string of the molecule is CCCCCCC(C)(C)c1cc(OC)c(-c2cc(Br)ccc2C2(C)NC(C)(C)CO2)c(OC)c1. The van der Waals surface area contributed by atoms with Crippen molar-refractivity contribution in [2.75, 3.05) is 20.8 Å². The van der Waals surface area contributed by atoms with Gasteiger partial charge < -0.3 is 14.2 Å². The van der Waals surface area contributed by atoms with Crippen LogP contribution in [0.2, 0.25) is 0 Å². The van der Waals surface area contributed by atoms with Gasteiger partial charge in [0.2, 0.25) is 0 Å². The predicted octanol–water partition coefficient (Wildman–Crippen LogP) is 7.95. The minimum atomic E-state index is -0.618. The molecule has 4 nitrogen and oxygen atoms in total. The van der Waals surface area contributed by atoms with Crippen molar-refractivity contribution in [3.8, 4) is 22.6 Å². The van der Waals surface area contributed by atoms with Gasteiger partial charge >= 0.3 is 0 Å². The molecule has 0 aromatic heterocycles. The fourth-order valence-electron chi connectivity index (χ4n) is 5.03. The van der Waals surface area contributed by atoms with Gasteiger partial charge in [-0.2, -0.15) is 0 Å². The number of rotatable bonds is 10. The highest BCUT2D eigenvalue weighted by Gasteiger charge is 2.43. The molecule has 1 aliphatic rings. The van der Waals surface area contributed by atoms with Gasteiger partial charge in [-0.1, -0.05) is 68.5 Å². The average molecular weight is 533 g/mol. The predicted molar refractivity (Wildman–Crippen MR) is 145 cm³/mol. The van der Waals surface area contributed by atoms with E-state index in [4.69, 9.17) is 14.2 Å². The minimum absolute atomic E-state index is 0.0268. The number of methoxy groups -OCH3 is 2. The first-order valence-electron chi connectivity index (χ1n) is 12.5. The molecular formula is C29H42BrNO3. The van der Waals surface area contributed by atoms with Crippen LogP contribution in [0, 0.1) is 0 Å². The van der Waals surface area contributed by atoms with E-state index in [0.29, 0.717) is 6.61 Å². The number of hydrogen-bond acceptors (Lipinski definition) is 4. The zero-order chi connectivity index (χ0) is 25.1. The summed E-state index contributed by atoms with van der Waals surface area (Å²) < 4.78 is 19.3. The third kappa shape index (κ3) is 5.80. The Morgan fingerprint density at radius 2 is 1.65 bits per heavy atom. The largest absolute Gasteiger partial charge is 0.496 e. The van der Waals surface area contributed by atoms with Crippen molar-refractivity contribution >= 4 is 15.9 Å². The molecule has 0 bridgehead atoms. The molecule has 188 valence electrons. The third-order valence-electron chi connectivity index (χ3n) is 7.01. The summed E-state index contributed by atoms with van der Waals surface area (Å²) in [5.74, 6) is 1.63. The normalized spacial score (nSPS) is 19.9. The Morgan fingerprint density at radius 3 is 2.18 bits per heavy atom. The maximum absolute atomic E-state index is 6.32. The second kappa shape index (κ2) is 10.6. The Balaban J connectivity index is 2.12. The fourth-order valence-corrected chi connectivity index (χ4v) is 5.39. The number of benzene rings is 2. The average Bonchev–Trinajstić information content (AvgIpc) is 3.08. The Labute approximate surface area is 214 Å². The quantitative estimate of drug-likeness (QED) is 0.315. The standard InChI is InChI=1S/C29H42BrNO3/c1-9-10-11-12-15-27(2,3)20-16-24(32-7)26(25(17-20)33-8)22-18-21(30)13-14-23(22)29(6)31-28(4,5)19-34-29/h13-14,16-18,31H,9-12,15,19H2,1-8H3. The topological polar surface area (TPSA) is 39.7 Å². The lowest BCUT2D eigenvalue weighted by Crippen LogP contribution is -2.44. The van der Waals surface area contributed by atoms with Gasteiger partial charge in [-0.25, -0.2) is 0 Å². The van der Waals surface area contributed by atoms with E-state index in [1.807, 2.05) is 0 Å². The zero-order valence-electron chi connectivity index (χ0n) is 22.2. The van der Waals surface area contributed by atoms with Crippen LogP contribution in [0.5, 0.6) is 11.5 Å². The van der Waals surface area contributed by atoms with Crippen LogP contribution in [0.1, 0.15) is 84.8 Å². The van der Waals surface area contributed by atoms with E-state index in [2.05, 4.69) is 93.1 Å². The molecule has 2 aromatic carbocycles. The summed E-state index contributed by atoms with van der Waals surface area (Å²) in [6, 6.07) is 10.7. The molecule has 0 amide bonds. The highest BCUT2D eigenvalue weighted by molar-refractivity contribution is 9.10. The summed E-state index contributed by atoms with van der Waals surface area (Å²) in [5.41, 5.74) is 3.57. The lowest BCUT2D eigenvalue weighted by Gasteiger charge is -2.31. The van der Waals surface area contributed by atoms with Crippen molar-refractivity contribution in [2.24, 2.45) is 0 Å². The van der Waals surface area contributed by atoms with Crippen LogP contribution < -0.4 is 14.8 Å². The van der Waals surface area contributed by atoms with Crippen LogP contribution in [0.25, 0.3) is 11.1 Å². The van der Waals surface area contributed by atoms with E-state index >= 15 is 0 Å². The molecule has 1 saturated heterocycles. The van der Waals surface area contributed by atoms with Gasteiger partial charge in [-0.15, -0.1) is 0 Å². The van der Waals surface area contributed by atoms with Crippen molar-refractivity contribution in [2.45, 2.75) is 90.3 Å². The van der Waals surface area contributed by atoms with Gasteiger partial charge in [0.25, 0.3) is 0 Å². The van der Waals surface area contributed by atoms with Crippen LogP contribution in [0.3, 0.4) is 0 Å². The Bertz CT molecular complexity index is 976. The van der Waals surface area contributed by atoms with E-state index < -0.39 is 5.72 Å². The number of hydrogen-bond donors (Lipinski definition) is 1. The van der Waals surface area contributed by atoms with E-state index in [1.54, 1.807) is 14.2 Å². The third-order valence-corrected chi connectivity index (χ3v) is 7.50. The molecule has 0 saturated carbocycles. The molecule has 1 unspecified atom stereocenters. The Hall–Kier alpha value is -1.56. The summed E-state index contributed by atoms with van der Waals surface area (Å²) in [7, 11) is 3.48.